The minimum atomic E-state index is -0.176. The highest BCUT2D eigenvalue weighted by Gasteiger charge is 2.15. The van der Waals surface area contributed by atoms with Gasteiger partial charge in [-0.2, -0.15) is 0 Å². The fourth-order valence-corrected chi connectivity index (χ4v) is 3.15. The molecular weight excluding hydrogens is 378 g/mol. The number of hydrogen-bond acceptors (Lipinski definition) is 4. The van der Waals surface area contributed by atoms with Gasteiger partial charge in [0.2, 0.25) is 11.8 Å². The molecule has 154 valence electrons. The predicted molar refractivity (Wildman–Crippen MR) is 119 cm³/mol. The summed E-state index contributed by atoms with van der Waals surface area (Å²) >= 11 is 0. The lowest BCUT2D eigenvalue weighted by molar-refractivity contribution is -0.115. The molecule has 0 bridgehead atoms. The number of carbonyl (C=O) groups is 2. The van der Waals surface area contributed by atoms with E-state index < -0.39 is 0 Å². The van der Waals surface area contributed by atoms with Gasteiger partial charge in [-0.25, -0.2) is 0 Å². The minimum absolute atomic E-state index is 0.121. The third kappa shape index (κ3) is 5.93. The topological polar surface area (TPSA) is 79.5 Å². The van der Waals surface area contributed by atoms with E-state index >= 15 is 0 Å². The third-order valence-corrected chi connectivity index (χ3v) is 4.52. The number of rotatable bonds is 8. The zero-order chi connectivity index (χ0) is 21.3. The normalized spacial score (nSPS) is 11.4. The Morgan fingerprint density at radius 3 is 2.10 bits per heavy atom. The van der Waals surface area contributed by atoms with Crippen LogP contribution in [0, 0.1) is 0 Å². The number of amides is 2. The van der Waals surface area contributed by atoms with Crippen molar-refractivity contribution in [3.63, 3.8) is 0 Å². The van der Waals surface area contributed by atoms with Crippen LogP contribution >= 0.6 is 0 Å². The standard InChI is InChI=1S/C24H25N3O3/c1-17(28)26-20-9-6-10-21(15-20)27-23(29)16-25-24(18-7-4-3-5-8-18)19-11-13-22(30-2)14-12-19/h3-15,24-25H,16H2,1-2H3,(H,26,28)(H,27,29). The molecule has 3 N–H and O–H groups in total. The van der Waals surface area contributed by atoms with Crippen molar-refractivity contribution in [2.45, 2.75) is 13.0 Å². The summed E-state index contributed by atoms with van der Waals surface area (Å²) in [6.07, 6.45) is 0. The molecule has 30 heavy (non-hydrogen) atoms. The molecule has 0 fully saturated rings. The van der Waals surface area contributed by atoms with Gasteiger partial charge >= 0.3 is 0 Å². The molecule has 3 aromatic rings. The van der Waals surface area contributed by atoms with Crippen molar-refractivity contribution in [2.24, 2.45) is 0 Å². The molecule has 1 atom stereocenters. The highest BCUT2D eigenvalue weighted by atomic mass is 16.5. The Bertz CT molecular complexity index is 988. The van der Waals surface area contributed by atoms with Gasteiger partial charge in [0.15, 0.2) is 0 Å². The summed E-state index contributed by atoms with van der Waals surface area (Å²) in [6.45, 7) is 1.56. The zero-order valence-electron chi connectivity index (χ0n) is 17.0. The van der Waals surface area contributed by atoms with Crippen LogP contribution in [0.15, 0.2) is 78.9 Å². The van der Waals surface area contributed by atoms with Crippen LogP contribution < -0.4 is 20.7 Å². The first-order chi connectivity index (χ1) is 14.5. The monoisotopic (exact) mass is 403 g/mol. The smallest absolute Gasteiger partial charge is 0.238 e. The molecule has 0 aromatic heterocycles. The van der Waals surface area contributed by atoms with Crippen LogP contribution in [0.1, 0.15) is 24.1 Å². The second-order valence-electron chi connectivity index (χ2n) is 6.81. The summed E-state index contributed by atoms with van der Waals surface area (Å²) < 4.78 is 5.24. The number of nitrogens with one attached hydrogen (secondary N) is 3. The van der Waals surface area contributed by atoms with Crippen LogP contribution in [0.3, 0.4) is 0 Å². The Kier molecular flexibility index (Phi) is 7.19. The highest BCUT2D eigenvalue weighted by molar-refractivity contribution is 5.94. The second-order valence-corrected chi connectivity index (χ2v) is 6.81. The van der Waals surface area contributed by atoms with Crippen molar-refractivity contribution in [1.29, 1.82) is 0 Å². The summed E-state index contributed by atoms with van der Waals surface area (Å²) in [5.74, 6) is 0.442. The van der Waals surface area contributed by atoms with E-state index in [1.54, 1.807) is 31.4 Å². The molecule has 1 unspecified atom stereocenters. The molecule has 0 aliphatic heterocycles. The minimum Gasteiger partial charge on any atom is -0.497 e. The molecular formula is C24H25N3O3. The van der Waals surface area contributed by atoms with Crippen molar-refractivity contribution in [3.05, 3.63) is 90.0 Å². The average molecular weight is 403 g/mol. The Labute approximate surface area is 176 Å². The van der Waals surface area contributed by atoms with Gasteiger partial charge in [-0.1, -0.05) is 48.5 Å². The van der Waals surface area contributed by atoms with E-state index in [4.69, 9.17) is 4.74 Å². The Morgan fingerprint density at radius 1 is 0.833 bits per heavy atom. The van der Waals surface area contributed by atoms with Gasteiger partial charge in [0.25, 0.3) is 0 Å². The molecule has 0 heterocycles. The molecule has 0 radical (unpaired) electrons. The predicted octanol–water partition coefficient (Wildman–Crippen LogP) is 3.97. The second kappa shape index (κ2) is 10.2. The molecule has 0 saturated carbocycles. The number of methoxy groups -OCH3 is 1. The molecule has 3 aromatic carbocycles. The summed E-state index contributed by atoms with van der Waals surface area (Å²) in [5, 5.41) is 8.90. The van der Waals surface area contributed by atoms with E-state index in [-0.39, 0.29) is 24.4 Å². The van der Waals surface area contributed by atoms with E-state index in [0.717, 1.165) is 16.9 Å². The maximum absolute atomic E-state index is 12.5. The van der Waals surface area contributed by atoms with Crippen molar-refractivity contribution in [2.75, 3.05) is 24.3 Å². The molecule has 6 heteroatoms. The van der Waals surface area contributed by atoms with E-state index in [1.807, 2.05) is 54.6 Å². The number of benzene rings is 3. The van der Waals surface area contributed by atoms with Gasteiger partial charge in [-0.15, -0.1) is 0 Å². The van der Waals surface area contributed by atoms with Crippen molar-refractivity contribution < 1.29 is 14.3 Å². The third-order valence-electron chi connectivity index (χ3n) is 4.52. The molecule has 0 aliphatic carbocycles. The molecule has 0 aliphatic rings. The molecule has 2 amide bonds. The maximum atomic E-state index is 12.5. The Morgan fingerprint density at radius 2 is 1.47 bits per heavy atom. The van der Waals surface area contributed by atoms with Gasteiger partial charge in [0, 0.05) is 18.3 Å². The quantitative estimate of drug-likeness (QED) is 0.532. The molecule has 6 nitrogen and oxygen atoms in total. The number of carbonyl (C=O) groups excluding carboxylic acids is 2. The van der Waals surface area contributed by atoms with Gasteiger partial charge in [-0.05, 0) is 41.5 Å². The number of anilines is 2. The molecule has 3 rings (SSSR count). The first-order valence-corrected chi connectivity index (χ1v) is 9.65. The maximum Gasteiger partial charge on any atom is 0.238 e. The van der Waals surface area contributed by atoms with Gasteiger partial charge in [0.05, 0.1) is 19.7 Å². The zero-order valence-corrected chi connectivity index (χ0v) is 17.0. The van der Waals surface area contributed by atoms with Crippen LogP contribution in [-0.4, -0.2) is 25.5 Å². The van der Waals surface area contributed by atoms with Crippen molar-refractivity contribution in [3.8, 4) is 5.75 Å². The first-order valence-electron chi connectivity index (χ1n) is 9.65. The summed E-state index contributed by atoms with van der Waals surface area (Å²) in [5.41, 5.74) is 3.34. The van der Waals surface area contributed by atoms with Gasteiger partial charge < -0.3 is 15.4 Å². The SMILES string of the molecule is COc1ccc(C(NCC(=O)Nc2cccc(NC(C)=O)c2)c2ccccc2)cc1. The lowest BCUT2D eigenvalue weighted by Gasteiger charge is -2.20. The van der Waals surface area contributed by atoms with Crippen LogP contribution in [0.25, 0.3) is 0 Å². The molecule has 0 saturated heterocycles. The van der Waals surface area contributed by atoms with Crippen LogP contribution in [0.4, 0.5) is 11.4 Å². The number of ether oxygens (including phenoxy) is 1. The van der Waals surface area contributed by atoms with E-state index in [2.05, 4.69) is 16.0 Å². The van der Waals surface area contributed by atoms with Crippen LogP contribution in [0.5, 0.6) is 5.75 Å². The fourth-order valence-electron chi connectivity index (χ4n) is 3.15. The van der Waals surface area contributed by atoms with Crippen molar-refractivity contribution in [1.82, 2.24) is 5.32 Å². The van der Waals surface area contributed by atoms with Crippen LogP contribution in [-0.2, 0) is 9.59 Å². The average Bonchev–Trinajstić information content (AvgIpc) is 2.75. The van der Waals surface area contributed by atoms with E-state index in [0.29, 0.717) is 11.4 Å². The molecule has 0 spiro atoms. The van der Waals surface area contributed by atoms with Gasteiger partial charge in [-0.3, -0.25) is 14.9 Å². The lowest BCUT2D eigenvalue weighted by Crippen LogP contribution is -2.32. The summed E-state index contributed by atoms with van der Waals surface area (Å²) in [7, 11) is 1.63. The largest absolute Gasteiger partial charge is 0.497 e. The van der Waals surface area contributed by atoms with Crippen LogP contribution in [0.2, 0.25) is 0 Å². The van der Waals surface area contributed by atoms with Crippen molar-refractivity contribution >= 4 is 23.2 Å². The Balaban J connectivity index is 1.69. The van der Waals surface area contributed by atoms with Gasteiger partial charge in [0.1, 0.15) is 5.75 Å². The van der Waals surface area contributed by atoms with E-state index in [1.165, 1.54) is 6.92 Å². The number of hydrogen-bond donors (Lipinski definition) is 3. The fraction of sp³-hybridized carbons (Fsp3) is 0.167. The summed E-state index contributed by atoms with van der Waals surface area (Å²) in [4.78, 5) is 23.8. The lowest BCUT2D eigenvalue weighted by atomic mass is 9.98. The summed E-state index contributed by atoms with van der Waals surface area (Å²) in [6, 6.07) is 24.6. The first kappa shape index (κ1) is 21.1. The van der Waals surface area contributed by atoms with E-state index in [9.17, 15) is 9.59 Å². The highest BCUT2D eigenvalue weighted by Crippen LogP contribution is 2.24. The Hall–Kier alpha value is -3.64.